The summed E-state index contributed by atoms with van der Waals surface area (Å²) in [6.45, 7) is 49.1. The molecule has 0 radical (unpaired) electrons. The Morgan fingerprint density at radius 3 is 1.82 bits per heavy atom. The van der Waals surface area contributed by atoms with Crippen LogP contribution < -0.4 is 0 Å². The van der Waals surface area contributed by atoms with Crippen LogP contribution in [0.1, 0.15) is 147 Å². The van der Waals surface area contributed by atoms with E-state index in [2.05, 4.69) is 145 Å². The Labute approximate surface area is 347 Å². The van der Waals surface area contributed by atoms with Crippen molar-refractivity contribution < 1.29 is 23.2 Å². The minimum atomic E-state index is -2.20. The molecule has 0 aliphatic heterocycles. The molecule has 0 aliphatic carbocycles. The number of aryl methyl sites for hydroxylation is 1. The number of nitrogens with zero attached hydrogens (tertiary/aromatic N) is 1. The molecular weight excluding hydrogens is 751 g/mol. The van der Waals surface area contributed by atoms with Crippen molar-refractivity contribution in [2.45, 2.75) is 216 Å². The van der Waals surface area contributed by atoms with Crippen LogP contribution in [-0.2, 0) is 18.1 Å². The summed E-state index contributed by atoms with van der Waals surface area (Å²) in [5.41, 5.74) is 2.76. The zero-order chi connectivity index (χ0) is 43.2. The molecule has 1 aromatic heterocycles. The number of Topliss-reactive ketones (excluding diaryl/α,β-unsaturated/α-hetero) is 1. The fourth-order valence-electron chi connectivity index (χ4n) is 6.05. The Kier molecular flexibility index (Phi) is 19.0. The minimum absolute atomic E-state index is 0.00290. The largest absolute Gasteiger partial charge is 0.417 e. The summed E-state index contributed by atoms with van der Waals surface area (Å²) in [5.74, 6) is -0.438. The molecular formula is C45H87NO5SSi3. The molecule has 10 heteroatoms. The van der Waals surface area contributed by atoms with E-state index in [0.29, 0.717) is 13.0 Å². The molecule has 0 fully saturated rings. The molecule has 320 valence electrons. The Hall–Kier alpha value is -0.729. The van der Waals surface area contributed by atoms with Crippen molar-refractivity contribution in [3.63, 3.8) is 0 Å². The topological polar surface area (TPSA) is 77.9 Å². The first-order valence-corrected chi connectivity index (χ1v) is 30.7. The number of allylic oxidation sites excluding steroid dienone is 1. The third-order valence-corrected chi connectivity index (χ3v) is 27.8. The van der Waals surface area contributed by atoms with E-state index in [-0.39, 0.29) is 39.0 Å². The van der Waals surface area contributed by atoms with Gasteiger partial charge >= 0.3 is 0 Å². The van der Waals surface area contributed by atoms with Gasteiger partial charge in [-0.1, -0.05) is 102 Å². The number of ketones is 1. The number of thiazole rings is 1. The maximum Gasteiger partial charge on any atom is 0.192 e. The van der Waals surface area contributed by atoms with Crippen molar-refractivity contribution in [3.05, 3.63) is 33.3 Å². The lowest BCUT2D eigenvalue weighted by Gasteiger charge is -2.45. The van der Waals surface area contributed by atoms with Crippen molar-refractivity contribution in [1.29, 1.82) is 0 Å². The molecule has 1 N–H and O–H groups in total. The maximum absolute atomic E-state index is 14.4. The average Bonchev–Trinajstić information content (AvgIpc) is 3.43. The van der Waals surface area contributed by atoms with Crippen LogP contribution in [0.5, 0.6) is 0 Å². The highest BCUT2D eigenvalue weighted by Gasteiger charge is 2.48. The second kappa shape index (κ2) is 20.0. The van der Waals surface area contributed by atoms with E-state index in [0.717, 1.165) is 36.4 Å². The summed E-state index contributed by atoms with van der Waals surface area (Å²) < 4.78 is 20.6. The van der Waals surface area contributed by atoms with Gasteiger partial charge in [0.2, 0.25) is 0 Å². The van der Waals surface area contributed by atoms with Crippen LogP contribution in [-0.4, -0.2) is 65.7 Å². The van der Waals surface area contributed by atoms with Gasteiger partial charge in [0.05, 0.1) is 29.0 Å². The Morgan fingerprint density at radius 1 is 0.836 bits per heavy atom. The number of rotatable bonds is 21. The van der Waals surface area contributed by atoms with Crippen molar-refractivity contribution >= 4 is 48.1 Å². The predicted octanol–water partition coefficient (Wildman–Crippen LogP) is 13.8. The number of aromatic nitrogens is 1. The zero-order valence-electron chi connectivity index (χ0n) is 39.8. The highest BCUT2D eigenvalue weighted by atomic mass is 32.1. The number of aliphatic hydroxyl groups is 1. The Morgan fingerprint density at radius 2 is 1.35 bits per heavy atom. The first kappa shape index (κ1) is 52.3. The lowest BCUT2D eigenvalue weighted by atomic mass is 9.73. The average molecular weight is 839 g/mol. The highest BCUT2D eigenvalue weighted by Crippen LogP contribution is 2.43. The standard InChI is InChI=1S/C45H87NO5SSi3/c1-32(26-27-38(50-54(19,20)43(9,10)11)34(3)30-37-31-52-36(5)46-37)24-23-25-33(2)40(47)35(4)41(48)45(15,16)39(51-55(21,22)44(12,13)14)28-29-49-53(17,18)42(6,7)8/h26,30-31,33,35,38-40,47H,23-25,27-29H2,1-22H3/t33-,35+,38-,39-,40-/m0/s1. The molecule has 0 saturated carbocycles. The van der Waals surface area contributed by atoms with E-state index in [4.69, 9.17) is 13.3 Å². The van der Waals surface area contributed by atoms with Gasteiger partial charge in [-0.3, -0.25) is 4.79 Å². The zero-order valence-corrected chi connectivity index (χ0v) is 43.6. The SMILES string of the molecule is CC(=CC[C@H](O[Si](C)(C)C(C)(C)C)C(C)=Cc1csc(C)n1)CCC[C@H](C)[C@H](O)[C@@H](C)C(=O)C(C)(C)[C@H](CCO[Si](C)(C)C(C)(C)C)O[Si](C)(C)C(C)(C)C. The molecule has 1 heterocycles. The summed E-state index contributed by atoms with van der Waals surface area (Å²) in [4.78, 5) is 19.1. The summed E-state index contributed by atoms with van der Waals surface area (Å²) in [5, 5.41) is 15.0. The van der Waals surface area contributed by atoms with Gasteiger partial charge in [0.15, 0.2) is 25.0 Å². The fraction of sp³-hybridized carbons (Fsp3) is 0.822. The first-order chi connectivity index (χ1) is 24.6. The highest BCUT2D eigenvalue weighted by molar-refractivity contribution is 7.09. The van der Waals surface area contributed by atoms with E-state index < -0.39 is 42.4 Å². The molecule has 1 rings (SSSR count). The lowest BCUT2D eigenvalue weighted by Crippen LogP contribution is -2.52. The minimum Gasteiger partial charge on any atom is -0.417 e. The van der Waals surface area contributed by atoms with Gasteiger partial charge in [-0.2, -0.15) is 0 Å². The fourth-order valence-corrected chi connectivity index (χ4v) is 10.5. The summed E-state index contributed by atoms with van der Waals surface area (Å²) in [7, 11) is -6.17. The molecule has 0 aromatic carbocycles. The quantitative estimate of drug-likeness (QED) is 0.0981. The van der Waals surface area contributed by atoms with Crippen molar-refractivity contribution in [3.8, 4) is 0 Å². The molecule has 55 heavy (non-hydrogen) atoms. The monoisotopic (exact) mass is 838 g/mol. The van der Waals surface area contributed by atoms with E-state index in [1.165, 1.54) is 11.1 Å². The molecule has 5 atom stereocenters. The second-order valence-corrected chi connectivity index (χ2v) is 37.2. The summed E-state index contributed by atoms with van der Waals surface area (Å²) >= 11 is 1.67. The maximum atomic E-state index is 14.4. The van der Waals surface area contributed by atoms with Gasteiger partial charge in [0.25, 0.3) is 0 Å². The van der Waals surface area contributed by atoms with E-state index >= 15 is 0 Å². The molecule has 0 bridgehead atoms. The number of aliphatic hydroxyl groups excluding tert-OH is 1. The van der Waals surface area contributed by atoms with E-state index in [1.807, 2.05) is 27.7 Å². The van der Waals surface area contributed by atoms with Crippen LogP contribution in [0.4, 0.5) is 0 Å². The molecule has 0 spiro atoms. The molecule has 0 amide bonds. The van der Waals surface area contributed by atoms with Crippen molar-refractivity contribution in [1.82, 2.24) is 4.98 Å². The van der Waals surface area contributed by atoms with Crippen LogP contribution in [0.25, 0.3) is 6.08 Å². The molecule has 0 unspecified atom stereocenters. The van der Waals surface area contributed by atoms with Gasteiger partial charge < -0.3 is 18.4 Å². The van der Waals surface area contributed by atoms with Gasteiger partial charge in [-0.05, 0) is 125 Å². The van der Waals surface area contributed by atoms with Crippen molar-refractivity contribution in [2.75, 3.05) is 6.61 Å². The predicted molar refractivity (Wildman–Crippen MR) is 248 cm³/mol. The summed E-state index contributed by atoms with van der Waals surface area (Å²) in [6.07, 6.45) is 7.73. The number of hydrogen-bond acceptors (Lipinski definition) is 7. The third kappa shape index (κ3) is 15.4. The van der Waals surface area contributed by atoms with Gasteiger partial charge in [-0.15, -0.1) is 11.3 Å². The molecule has 1 aromatic rings. The van der Waals surface area contributed by atoms with E-state index in [1.54, 1.807) is 11.3 Å². The lowest BCUT2D eigenvalue weighted by molar-refractivity contribution is -0.141. The van der Waals surface area contributed by atoms with Crippen LogP contribution in [0, 0.1) is 24.2 Å². The van der Waals surface area contributed by atoms with Crippen LogP contribution in [0.3, 0.4) is 0 Å². The number of carbonyl (C=O) groups is 1. The number of carbonyl (C=O) groups excluding carboxylic acids is 1. The molecule has 6 nitrogen and oxygen atoms in total. The second-order valence-electron chi connectivity index (χ2n) is 21.8. The molecule has 0 aliphatic rings. The Balaban J connectivity index is 3.07. The van der Waals surface area contributed by atoms with Crippen molar-refractivity contribution in [2.24, 2.45) is 17.3 Å². The Bertz CT molecular complexity index is 1420. The third-order valence-electron chi connectivity index (χ3n) is 13.5. The normalized spacial score (nSPS) is 17.6. The first-order valence-electron chi connectivity index (χ1n) is 21.1. The van der Waals surface area contributed by atoms with E-state index in [9.17, 15) is 9.90 Å². The van der Waals surface area contributed by atoms with Gasteiger partial charge in [0, 0.05) is 23.3 Å². The smallest absolute Gasteiger partial charge is 0.192 e. The van der Waals surface area contributed by atoms with Gasteiger partial charge in [-0.25, -0.2) is 4.98 Å². The van der Waals surface area contributed by atoms with Crippen LogP contribution >= 0.6 is 11.3 Å². The molecule has 0 saturated heterocycles. The van der Waals surface area contributed by atoms with Crippen LogP contribution in [0.15, 0.2) is 22.6 Å². The summed E-state index contributed by atoms with van der Waals surface area (Å²) in [6, 6.07) is 0. The van der Waals surface area contributed by atoms with Gasteiger partial charge in [0.1, 0.15) is 5.78 Å². The van der Waals surface area contributed by atoms with Crippen LogP contribution in [0.2, 0.25) is 54.4 Å². The number of hydrogen-bond donors (Lipinski definition) is 1.